The highest BCUT2D eigenvalue weighted by atomic mass is 16.2. The zero-order valence-electron chi connectivity index (χ0n) is 14.7. The molecule has 0 saturated carbocycles. The zero-order valence-corrected chi connectivity index (χ0v) is 14.7. The van der Waals surface area contributed by atoms with Crippen LogP contribution in [0.1, 0.15) is 31.1 Å². The molecule has 25 heavy (non-hydrogen) atoms. The molecule has 0 atom stereocenters. The van der Waals surface area contributed by atoms with Crippen LogP contribution in [0.15, 0.2) is 60.8 Å². The maximum Gasteiger partial charge on any atom is 0.254 e. The van der Waals surface area contributed by atoms with Crippen molar-refractivity contribution in [3.8, 4) is 11.4 Å². The van der Waals surface area contributed by atoms with Crippen molar-refractivity contribution in [3.63, 3.8) is 0 Å². The van der Waals surface area contributed by atoms with E-state index in [9.17, 15) is 4.79 Å². The Morgan fingerprint density at radius 2 is 1.76 bits per heavy atom. The number of benzene rings is 1. The van der Waals surface area contributed by atoms with Gasteiger partial charge in [-0.25, -0.2) is 0 Å². The molecule has 3 aromatic rings. The fraction of sp³-hybridized carbons (Fsp3) is 0.250. The third-order valence-corrected chi connectivity index (χ3v) is 3.79. The molecule has 0 saturated heterocycles. The number of carbonyl (C=O) groups is 1. The molecule has 0 unspecified atom stereocenters. The summed E-state index contributed by atoms with van der Waals surface area (Å²) in [5, 5.41) is 7.83. The summed E-state index contributed by atoms with van der Waals surface area (Å²) in [6, 6.07) is 17.6. The molecule has 1 N–H and O–H groups in total. The van der Waals surface area contributed by atoms with Crippen LogP contribution in [0.3, 0.4) is 0 Å². The Hall–Kier alpha value is -2.95. The average molecular weight is 334 g/mol. The van der Waals surface area contributed by atoms with Crippen molar-refractivity contribution < 1.29 is 4.79 Å². The lowest BCUT2D eigenvalue weighted by atomic mass is 9.96. The first-order chi connectivity index (χ1) is 11.9. The summed E-state index contributed by atoms with van der Waals surface area (Å²) in [6.45, 7) is 6.28. The van der Waals surface area contributed by atoms with Gasteiger partial charge >= 0.3 is 0 Å². The minimum atomic E-state index is -0.531. The Kier molecular flexibility index (Phi) is 4.65. The molecule has 0 radical (unpaired) electrons. The second-order valence-corrected chi connectivity index (χ2v) is 6.94. The molecule has 2 aromatic heterocycles. The SMILES string of the molecule is CC(C)(C)C(=O)n1nc(-c2ccccn2)cc1NCc1ccccc1. The van der Waals surface area contributed by atoms with E-state index < -0.39 is 5.41 Å². The average Bonchev–Trinajstić information content (AvgIpc) is 3.04. The molecule has 3 rings (SSSR count). The van der Waals surface area contributed by atoms with Crippen molar-refractivity contribution in [2.75, 3.05) is 5.32 Å². The predicted molar refractivity (Wildman–Crippen MR) is 99.3 cm³/mol. The van der Waals surface area contributed by atoms with Crippen LogP contribution >= 0.6 is 0 Å². The summed E-state index contributed by atoms with van der Waals surface area (Å²) in [5.41, 5.74) is 2.02. The molecule has 0 aliphatic rings. The maximum absolute atomic E-state index is 12.8. The standard InChI is InChI=1S/C20H22N4O/c1-20(2,3)19(25)24-18(22-14-15-9-5-4-6-10-15)13-17(23-24)16-11-7-8-12-21-16/h4-13,22H,14H2,1-3H3. The number of carbonyl (C=O) groups excluding carboxylic acids is 1. The second-order valence-electron chi connectivity index (χ2n) is 6.94. The van der Waals surface area contributed by atoms with Crippen molar-refractivity contribution in [2.24, 2.45) is 5.41 Å². The summed E-state index contributed by atoms with van der Waals surface area (Å²) in [7, 11) is 0. The zero-order chi connectivity index (χ0) is 17.9. The van der Waals surface area contributed by atoms with Gasteiger partial charge in [0.15, 0.2) is 0 Å². The highest BCUT2D eigenvalue weighted by Gasteiger charge is 2.27. The van der Waals surface area contributed by atoms with Gasteiger partial charge in [-0.15, -0.1) is 0 Å². The third-order valence-electron chi connectivity index (χ3n) is 3.79. The highest BCUT2D eigenvalue weighted by molar-refractivity contribution is 5.87. The van der Waals surface area contributed by atoms with Crippen LogP contribution in [0.4, 0.5) is 5.82 Å². The molecule has 0 fully saturated rings. The van der Waals surface area contributed by atoms with E-state index in [1.807, 2.05) is 75.4 Å². The van der Waals surface area contributed by atoms with Gasteiger partial charge in [0.2, 0.25) is 0 Å². The van der Waals surface area contributed by atoms with Crippen LogP contribution in [0.2, 0.25) is 0 Å². The number of pyridine rings is 1. The van der Waals surface area contributed by atoms with Crippen molar-refractivity contribution in [3.05, 3.63) is 66.4 Å². The van der Waals surface area contributed by atoms with E-state index in [4.69, 9.17) is 0 Å². The number of hydrogen-bond donors (Lipinski definition) is 1. The van der Waals surface area contributed by atoms with E-state index in [1.54, 1.807) is 6.20 Å². The van der Waals surface area contributed by atoms with E-state index >= 15 is 0 Å². The molecule has 0 aliphatic heterocycles. The Bertz CT molecular complexity index is 848. The molecule has 5 heteroatoms. The smallest absolute Gasteiger partial charge is 0.254 e. The fourth-order valence-electron chi connectivity index (χ4n) is 2.41. The Morgan fingerprint density at radius 1 is 1.04 bits per heavy atom. The fourth-order valence-corrected chi connectivity index (χ4v) is 2.41. The predicted octanol–water partition coefficient (Wildman–Crippen LogP) is 4.24. The van der Waals surface area contributed by atoms with Gasteiger partial charge in [0.05, 0.1) is 5.69 Å². The normalized spacial score (nSPS) is 11.3. The summed E-state index contributed by atoms with van der Waals surface area (Å²) >= 11 is 0. The van der Waals surface area contributed by atoms with Crippen LogP contribution in [-0.2, 0) is 6.54 Å². The summed E-state index contributed by atoms with van der Waals surface area (Å²) in [5.74, 6) is 0.606. The molecule has 0 spiro atoms. The van der Waals surface area contributed by atoms with Gasteiger partial charge in [0.25, 0.3) is 5.91 Å². The molecule has 0 amide bonds. The largest absolute Gasteiger partial charge is 0.366 e. The van der Waals surface area contributed by atoms with Crippen LogP contribution in [0, 0.1) is 5.41 Å². The number of hydrogen-bond acceptors (Lipinski definition) is 4. The minimum Gasteiger partial charge on any atom is -0.366 e. The van der Waals surface area contributed by atoms with Gasteiger partial charge in [0.1, 0.15) is 11.5 Å². The second kappa shape index (κ2) is 6.89. The summed E-state index contributed by atoms with van der Waals surface area (Å²) in [6.07, 6.45) is 1.72. The highest BCUT2D eigenvalue weighted by Crippen LogP contribution is 2.25. The lowest BCUT2D eigenvalue weighted by molar-refractivity contribution is 0.0752. The molecule has 0 bridgehead atoms. The summed E-state index contributed by atoms with van der Waals surface area (Å²) in [4.78, 5) is 17.1. The van der Waals surface area contributed by atoms with Gasteiger partial charge in [-0.3, -0.25) is 9.78 Å². The quantitative estimate of drug-likeness (QED) is 0.775. The first-order valence-electron chi connectivity index (χ1n) is 8.29. The first-order valence-corrected chi connectivity index (χ1v) is 8.29. The lowest BCUT2D eigenvalue weighted by Gasteiger charge is -2.18. The number of nitrogens with one attached hydrogen (secondary N) is 1. The van der Waals surface area contributed by atoms with Crippen molar-refractivity contribution in [1.82, 2.24) is 14.8 Å². The van der Waals surface area contributed by atoms with Gasteiger partial charge in [-0.1, -0.05) is 57.2 Å². The Labute approximate surface area is 147 Å². The molecule has 128 valence electrons. The van der Waals surface area contributed by atoms with Crippen LogP contribution < -0.4 is 5.32 Å². The number of anilines is 1. The van der Waals surface area contributed by atoms with Gasteiger partial charge < -0.3 is 5.32 Å². The van der Waals surface area contributed by atoms with Crippen LogP contribution in [-0.4, -0.2) is 20.7 Å². The number of aromatic nitrogens is 3. The van der Waals surface area contributed by atoms with E-state index in [0.29, 0.717) is 18.1 Å². The van der Waals surface area contributed by atoms with E-state index in [0.717, 1.165) is 11.3 Å². The third kappa shape index (κ3) is 3.94. The number of nitrogens with zero attached hydrogens (tertiary/aromatic N) is 3. The van der Waals surface area contributed by atoms with Gasteiger partial charge in [0, 0.05) is 24.2 Å². The molecule has 5 nitrogen and oxygen atoms in total. The lowest BCUT2D eigenvalue weighted by Crippen LogP contribution is -2.28. The van der Waals surface area contributed by atoms with Crippen molar-refractivity contribution >= 4 is 11.7 Å². The van der Waals surface area contributed by atoms with Crippen molar-refractivity contribution in [2.45, 2.75) is 27.3 Å². The van der Waals surface area contributed by atoms with Gasteiger partial charge in [-0.05, 0) is 17.7 Å². The molecule has 0 aliphatic carbocycles. The monoisotopic (exact) mass is 334 g/mol. The van der Waals surface area contributed by atoms with Gasteiger partial charge in [-0.2, -0.15) is 9.78 Å². The first kappa shape index (κ1) is 16.9. The Balaban J connectivity index is 1.94. The molecule has 2 heterocycles. The molecule has 1 aromatic carbocycles. The molecular formula is C20H22N4O. The summed E-state index contributed by atoms with van der Waals surface area (Å²) < 4.78 is 1.45. The topological polar surface area (TPSA) is 59.8 Å². The van der Waals surface area contributed by atoms with E-state index in [-0.39, 0.29) is 5.91 Å². The molecular weight excluding hydrogens is 312 g/mol. The van der Waals surface area contributed by atoms with E-state index in [1.165, 1.54) is 4.68 Å². The van der Waals surface area contributed by atoms with Crippen molar-refractivity contribution in [1.29, 1.82) is 0 Å². The van der Waals surface area contributed by atoms with Crippen LogP contribution in [0.5, 0.6) is 0 Å². The minimum absolute atomic E-state index is 0.0646. The number of rotatable bonds is 4. The van der Waals surface area contributed by atoms with E-state index in [2.05, 4.69) is 15.4 Å². The maximum atomic E-state index is 12.8. The Morgan fingerprint density at radius 3 is 2.40 bits per heavy atom. The van der Waals surface area contributed by atoms with Crippen LogP contribution in [0.25, 0.3) is 11.4 Å².